The zero-order chi connectivity index (χ0) is 15.5. The van der Waals surface area contributed by atoms with E-state index in [4.69, 9.17) is 9.52 Å². The highest BCUT2D eigenvalue weighted by molar-refractivity contribution is 5.91. The first-order chi connectivity index (χ1) is 9.86. The van der Waals surface area contributed by atoms with Gasteiger partial charge in [0.05, 0.1) is 6.54 Å². The third-order valence-corrected chi connectivity index (χ3v) is 2.54. The number of rotatable bonds is 4. The average Bonchev–Trinajstić information content (AvgIpc) is 2.84. The summed E-state index contributed by atoms with van der Waals surface area (Å²) in [6.45, 7) is -0.916. The fraction of sp³-hybridized carbons (Fsp3) is 0.231. The zero-order valence-corrected chi connectivity index (χ0v) is 10.6. The molecule has 0 aliphatic heterocycles. The van der Waals surface area contributed by atoms with Gasteiger partial charge in [-0.15, -0.1) is 0 Å². The van der Waals surface area contributed by atoms with E-state index in [-0.39, 0.29) is 5.89 Å². The summed E-state index contributed by atoms with van der Waals surface area (Å²) in [7, 11) is 0. The Morgan fingerprint density at radius 1 is 1.43 bits per heavy atom. The minimum absolute atomic E-state index is 0.155. The molecule has 0 spiro atoms. The fourth-order valence-electron chi connectivity index (χ4n) is 1.48. The Balaban J connectivity index is 1.93. The van der Waals surface area contributed by atoms with Gasteiger partial charge in [-0.05, 0) is 12.1 Å². The third kappa shape index (κ3) is 4.06. The molecule has 0 saturated heterocycles. The number of para-hydroxylation sites is 2. The monoisotopic (exact) mass is 300 g/mol. The van der Waals surface area contributed by atoms with Gasteiger partial charge >= 0.3 is 6.18 Å². The Labute approximate surface area is 117 Å². The maximum atomic E-state index is 12.0. The lowest BCUT2D eigenvalue weighted by Crippen LogP contribution is -2.40. The van der Waals surface area contributed by atoms with Crippen LogP contribution in [0.2, 0.25) is 0 Å². The molecule has 0 aliphatic rings. The summed E-state index contributed by atoms with van der Waals surface area (Å²) < 4.78 is 41.4. The lowest BCUT2D eigenvalue weighted by atomic mass is 10.3. The Hall–Kier alpha value is -2.35. The third-order valence-electron chi connectivity index (χ3n) is 2.54. The summed E-state index contributed by atoms with van der Waals surface area (Å²) in [5, 5.41) is 10.6. The van der Waals surface area contributed by atoms with Crippen molar-refractivity contribution in [3.05, 3.63) is 36.2 Å². The van der Waals surface area contributed by atoms with Crippen LogP contribution in [0.3, 0.4) is 0 Å². The van der Waals surface area contributed by atoms with Crippen LogP contribution in [0, 0.1) is 0 Å². The second-order valence-corrected chi connectivity index (χ2v) is 4.16. The summed E-state index contributed by atoms with van der Waals surface area (Å²) in [6.07, 6.45) is -5.15. The normalized spacial score (nSPS) is 13.7. The van der Waals surface area contributed by atoms with Crippen LogP contribution in [0.5, 0.6) is 0 Å². The molecule has 5 nitrogen and oxygen atoms in total. The quantitative estimate of drug-likeness (QED) is 0.845. The number of hydrogen-bond donors (Lipinski definition) is 2. The molecule has 8 heteroatoms. The number of carbonyl (C=O) groups is 1. The summed E-state index contributed by atoms with van der Waals surface area (Å²) >= 11 is 0. The molecule has 0 fully saturated rings. The molecule has 112 valence electrons. The standard InChI is InChI=1S/C13H11F3N2O3/c14-13(15,16)10(19)7-17-11(20)5-6-12-18-8-3-1-2-4-9(8)21-12/h1-6,10,19H,7H2,(H,17,20)/b6-5+. The van der Waals surface area contributed by atoms with E-state index in [9.17, 15) is 18.0 Å². The molecule has 2 N–H and O–H groups in total. The molecular formula is C13H11F3N2O3. The van der Waals surface area contributed by atoms with Gasteiger partial charge in [-0.2, -0.15) is 13.2 Å². The van der Waals surface area contributed by atoms with E-state index in [1.807, 2.05) is 5.32 Å². The Bertz CT molecular complexity index is 631. The van der Waals surface area contributed by atoms with Crippen LogP contribution in [0.15, 0.2) is 34.8 Å². The predicted molar refractivity (Wildman–Crippen MR) is 68.1 cm³/mol. The van der Waals surface area contributed by atoms with Crippen molar-refractivity contribution in [2.24, 2.45) is 0 Å². The molecule has 2 rings (SSSR count). The van der Waals surface area contributed by atoms with Crippen LogP contribution in [0.1, 0.15) is 5.89 Å². The van der Waals surface area contributed by atoms with Crippen LogP contribution in [0.25, 0.3) is 17.2 Å². The predicted octanol–water partition coefficient (Wildman–Crippen LogP) is 1.88. The number of aromatic nitrogens is 1. The molecule has 0 radical (unpaired) electrons. The van der Waals surface area contributed by atoms with E-state index in [0.717, 1.165) is 6.08 Å². The molecule has 0 saturated carbocycles. The van der Waals surface area contributed by atoms with Crippen molar-refractivity contribution < 1.29 is 27.5 Å². The largest absolute Gasteiger partial charge is 0.437 e. The number of fused-ring (bicyclic) bond motifs is 1. The number of hydrogen-bond acceptors (Lipinski definition) is 4. The van der Waals surface area contributed by atoms with Crippen molar-refractivity contribution >= 4 is 23.1 Å². The highest BCUT2D eigenvalue weighted by atomic mass is 19.4. The minimum atomic E-state index is -4.77. The number of alkyl halides is 3. The highest BCUT2D eigenvalue weighted by Gasteiger charge is 2.38. The molecule has 2 aromatic rings. The number of carbonyl (C=O) groups excluding carboxylic acids is 1. The van der Waals surface area contributed by atoms with E-state index in [1.165, 1.54) is 6.08 Å². The second kappa shape index (κ2) is 5.96. The number of nitrogens with one attached hydrogen (secondary N) is 1. The summed E-state index contributed by atoms with van der Waals surface area (Å²) in [5.41, 5.74) is 1.13. The lowest BCUT2D eigenvalue weighted by molar-refractivity contribution is -0.201. The molecule has 1 heterocycles. The first-order valence-corrected chi connectivity index (χ1v) is 5.92. The van der Waals surface area contributed by atoms with Gasteiger partial charge in [0, 0.05) is 12.2 Å². The smallest absolute Gasteiger partial charge is 0.416 e. The van der Waals surface area contributed by atoms with Gasteiger partial charge in [0.2, 0.25) is 11.8 Å². The van der Waals surface area contributed by atoms with Crippen molar-refractivity contribution in [1.82, 2.24) is 10.3 Å². The molecule has 1 atom stereocenters. The summed E-state index contributed by atoms with van der Waals surface area (Å²) in [5.74, 6) is -0.636. The van der Waals surface area contributed by atoms with E-state index < -0.39 is 24.7 Å². The van der Waals surface area contributed by atoms with Crippen LogP contribution >= 0.6 is 0 Å². The second-order valence-electron chi connectivity index (χ2n) is 4.16. The van der Waals surface area contributed by atoms with Gasteiger partial charge in [0.1, 0.15) is 5.52 Å². The topological polar surface area (TPSA) is 75.4 Å². The van der Waals surface area contributed by atoms with Crippen molar-refractivity contribution in [2.75, 3.05) is 6.54 Å². The van der Waals surface area contributed by atoms with Gasteiger partial charge < -0.3 is 14.8 Å². The van der Waals surface area contributed by atoms with Gasteiger partial charge in [-0.25, -0.2) is 4.98 Å². The van der Waals surface area contributed by atoms with Gasteiger partial charge in [-0.1, -0.05) is 12.1 Å². The van der Waals surface area contributed by atoms with Crippen molar-refractivity contribution in [1.29, 1.82) is 0 Å². The average molecular weight is 300 g/mol. The maximum absolute atomic E-state index is 12.0. The molecule has 1 aromatic carbocycles. The number of aliphatic hydroxyl groups is 1. The van der Waals surface area contributed by atoms with Gasteiger partial charge in [-0.3, -0.25) is 4.79 Å². The maximum Gasteiger partial charge on any atom is 0.416 e. The number of aliphatic hydroxyl groups excluding tert-OH is 1. The Morgan fingerprint density at radius 3 is 2.81 bits per heavy atom. The van der Waals surface area contributed by atoms with Crippen molar-refractivity contribution in [2.45, 2.75) is 12.3 Å². The SMILES string of the molecule is O=C(/C=C/c1nc2ccccc2o1)NCC(O)C(F)(F)F. The summed E-state index contributed by atoms with van der Waals surface area (Å²) in [6, 6.07) is 6.94. The fourth-order valence-corrected chi connectivity index (χ4v) is 1.48. The van der Waals surface area contributed by atoms with Crippen LogP contribution in [-0.2, 0) is 4.79 Å². The molecule has 21 heavy (non-hydrogen) atoms. The summed E-state index contributed by atoms with van der Waals surface area (Å²) in [4.78, 5) is 15.4. The first kappa shape index (κ1) is 15.0. The van der Waals surface area contributed by atoms with E-state index in [2.05, 4.69) is 4.98 Å². The molecule has 1 aromatic heterocycles. The molecule has 1 unspecified atom stereocenters. The van der Waals surface area contributed by atoms with Gasteiger partial charge in [0.15, 0.2) is 11.7 Å². The highest BCUT2D eigenvalue weighted by Crippen LogP contribution is 2.19. The van der Waals surface area contributed by atoms with E-state index in [1.54, 1.807) is 24.3 Å². The number of amides is 1. The van der Waals surface area contributed by atoms with Crippen molar-refractivity contribution in [3.8, 4) is 0 Å². The van der Waals surface area contributed by atoms with Crippen LogP contribution < -0.4 is 5.32 Å². The molecule has 0 bridgehead atoms. The van der Waals surface area contributed by atoms with Crippen LogP contribution in [-0.4, -0.2) is 34.8 Å². The van der Waals surface area contributed by atoms with Gasteiger partial charge in [0.25, 0.3) is 0 Å². The Kier molecular flexibility index (Phi) is 4.27. The Morgan fingerprint density at radius 2 is 2.14 bits per heavy atom. The molecule has 0 aliphatic carbocycles. The minimum Gasteiger partial charge on any atom is -0.437 e. The number of oxazole rings is 1. The first-order valence-electron chi connectivity index (χ1n) is 5.92. The molecular weight excluding hydrogens is 289 g/mol. The lowest BCUT2D eigenvalue weighted by Gasteiger charge is -2.14. The number of benzene rings is 1. The van der Waals surface area contributed by atoms with Crippen molar-refractivity contribution in [3.63, 3.8) is 0 Å². The van der Waals surface area contributed by atoms with E-state index >= 15 is 0 Å². The number of halogens is 3. The van der Waals surface area contributed by atoms with Crippen LogP contribution in [0.4, 0.5) is 13.2 Å². The number of nitrogens with zero attached hydrogens (tertiary/aromatic N) is 1. The zero-order valence-electron chi connectivity index (χ0n) is 10.6. The molecule has 1 amide bonds. The van der Waals surface area contributed by atoms with E-state index in [0.29, 0.717) is 11.1 Å².